The van der Waals surface area contributed by atoms with Crippen LogP contribution in [0.1, 0.15) is 37.6 Å². The molecule has 0 amide bonds. The highest BCUT2D eigenvalue weighted by atomic mass is 35.5. The molecule has 0 bridgehead atoms. The van der Waals surface area contributed by atoms with Gasteiger partial charge in [-0.05, 0) is 23.8 Å². The molecule has 3 N–H and O–H groups in total. The highest BCUT2D eigenvalue weighted by molar-refractivity contribution is 7.10. The number of hydrazine groups is 1. The maximum Gasteiger partial charge on any atom is 0.0570 e. The quantitative estimate of drug-likeness (QED) is 0.604. The number of hydrogen-bond donors (Lipinski definition) is 2. The Balaban J connectivity index is 2.67. The summed E-state index contributed by atoms with van der Waals surface area (Å²) in [6.07, 6.45) is 2.20. The van der Waals surface area contributed by atoms with E-state index in [0.717, 1.165) is 16.3 Å². The van der Waals surface area contributed by atoms with Crippen LogP contribution in [0.15, 0.2) is 11.4 Å². The van der Waals surface area contributed by atoms with Crippen LogP contribution in [0.25, 0.3) is 0 Å². The smallest absolute Gasteiger partial charge is 0.0570 e. The Bertz CT molecular complexity index is 275. The summed E-state index contributed by atoms with van der Waals surface area (Å²) in [7, 11) is 0. The van der Waals surface area contributed by atoms with Gasteiger partial charge in [0, 0.05) is 4.88 Å². The fraction of sp³-hybridized carbons (Fsp3) is 0.600. The zero-order chi connectivity index (χ0) is 10.6. The van der Waals surface area contributed by atoms with Crippen LogP contribution < -0.4 is 11.3 Å². The van der Waals surface area contributed by atoms with E-state index >= 15 is 0 Å². The van der Waals surface area contributed by atoms with Gasteiger partial charge >= 0.3 is 0 Å². The SMILES string of the molecule is CCC(C)CC(NN)c1sccc1Cl. The molecule has 1 aromatic heterocycles. The van der Waals surface area contributed by atoms with Crippen LogP contribution in [-0.4, -0.2) is 0 Å². The van der Waals surface area contributed by atoms with Crippen molar-refractivity contribution >= 4 is 22.9 Å². The minimum atomic E-state index is 0.192. The van der Waals surface area contributed by atoms with Gasteiger partial charge in [0.05, 0.1) is 11.1 Å². The fourth-order valence-corrected chi connectivity index (χ4v) is 2.64. The molecule has 0 saturated heterocycles. The van der Waals surface area contributed by atoms with Gasteiger partial charge in [-0.15, -0.1) is 11.3 Å². The highest BCUT2D eigenvalue weighted by Crippen LogP contribution is 2.32. The summed E-state index contributed by atoms with van der Waals surface area (Å²) in [6, 6.07) is 2.11. The summed E-state index contributed by atoms with van der Waals surface area (Å²) in [5.74, 6) is 6.20. The van der Waals surface area contributed by atoms with Crippen molar-refractivity contribution in [2.45, 2.75) is 32.7 Å². The molecule has 1 heterocycles. The predicted molar refractivity (Wildman–Crippen MR) is 63.5 cm³/mol. The topological polar surface area (TPSA) is 38.0 Å². The lowest BCUT2D eigenvalue weighted by Gasteiger charge is -2.18. The molecule has 80 valence electrons. The fourth-order valence-electron chi connectivity index (χ4n) is 1.37. The molecule has 0 radical (unpaired) electrons. The summed E-state index contributed by atoms with van der Waals surface area (Å²) in [6.45, 7) is 4.42. The predicted octanol–water partition coefficient (Wildman–Crippen LogP) is 3.34. The summed E-state index contributed by atoms with van der Waals surface area (Å²) in [5.41, 5.74) is 2.84. The Kier molecular flexibility index (Phi) is 4.89. The molecule has 0 aromatic carbocycles. The maximum atomic E-state index is 6.05. The largest absolute Gasteiger partial charge is 0.271 e. The van der Waals surface area contributed by atoms with E-state index < -0.39 is 0 Å². The van der Waals surface area contributed by atoms with Crippen molar-refractivity contribution < 1.29 is 0 Å². The van der Waals surface area contributed by atoms with Crippen molar-refractivity contribution in [3.63, 3.8) is 0 Å². The van der Waals surface area contributed by atoms with Crippen LogP contribution in [-0.2, 0) is 0 Å². The summed E-state index contributed by atoms with van der Waals surface area (Å²) >= 11 is 7.72. The third-order valence-electron chi connectivity index (χ3n) is 2.50. The number of nitrogens with two attached hydrogens (primary N) is 1. The first-order valence-corrected chi connectivity index (χ1v) is 6.13. The molecular weight excluding hydrogens is 216 g/mol. The third-order valence-corrected chi connectivity index (χ3v) is 3.97. The van der Waals surface area contributed by atoms with Crippen molar-refractivity contribution in [1.29, 1.82) is 0 Å². The lowest BCUT2D eigenvalue weighted by molar-refractivity contribution is 0.412. The summed E-state index contributed by atoms with van der Waals surface area (Å²) < 4.78 is 0. The molecule has 2 nitrogen and oxygen atoms in total. The van der Waals surface area contributed by atoms with Crippen molar-refractivity contribution in [2.75, 3.05) is 0 Å². The van der Waals surface area contributed by atoms with Crippen LogP contribution >= 0.6 is 22.9 Å². The molecule has 0 saturated carbocycles. The molecule has 0 aliphatic heterocycles. The lowest BCUT2D eigenvalue weighted by atomic mass is 9.99. The van der Waals surface area contributed by atoms with Crippen molar-refractivity contribution in [1.82, 2.24) is 5.43 Å². The number of hydrogen-bond acceptors (Lipinski definition) is 3. The minimum Gasteiger partial charge on any atom is -0.271 e. The first kappa shape index (κ1) is 12.0. The van der Waals surface area contributed by atoms with Gasteiger partial charge in [0.1, 0.15) is 0 Å². The van der Waals surface area contributed by atoms with E-state index in [-0.39, 0.29) is 6.04 Å². The van der Waals surface area contributed by atoms with E-state index in [9.17, 15) is 0 Å². The molecule has 2 unspecified atom stereocenters. The molecule has 14 heavy (non-hydrogen) atoms. The molecule has 0 spiro atoms. The zero-order valence-electron chi connectivity index (χ0n) is 8.59. The van der Waals surface area contributed by atoms with Crippen molar-refractivity contribution in [3.8, 4) is 0 Å². The van der Waals surface area contributed by atoms with Gasteiger partial charge in [-0.3, -0.25) is 11.3 Å². The first-order valence-electron chi connectivity index (χ1n) is 4.88. The molecule has 1 aromatic rings. The highest BCUT2D eigenvalue weighted by Gasteiger charge is 2.16. The van der Waals surface area contributed by atoms with Gasteiger partial charge in [0.25, 0.3) is 0 Å². The average Bonchev–Trinajstić information content (AvgIpc) is 2.60. The van der Waals surface area contributed by atoms with E-state index in [2.05, 4.69) is 19.3 Å². The third kappa shape index (κ3) is 2.95. The standard InChI is InChI=1S/C10H17ClN2S/c1-3-7(2)6-9(13-12)10-8(11)4-5-14-10/h4-5,7,9,13H,3,6,12H2,1-2H3. The molecular formula is C10H17ClN2S. The van der Waals surface area contributed by atoms with Gasteiger partial charge < -0.3 is 0 Å². The monoisotopic (exact) mass is 232 g/mol. The molecule has 0 fully saturated rings. The first-order chi connectivity index (χ1) is 6.69. The van der Waals surface area contributed by atoms with Crippen molar-refractivity contribution in [3.05, 3.63) is 21.3 Å². The van der Waals surface area contributed by atoms with E-state index in [0.29, 0.717) is 5.92 Å². The van der Waals surface area contributed by atoms with Gasteiger partial charge in [-0.1, -0.05) is 31.9 Å². The van der Waals surface area contributed by atoms with Crippen LogP contribution in [0.3, 0.4) is 0 Å². The maximum absolute atomic E-state index is 6.05. The van der Waals surface area contributed by atoms with Crippen LogP contribution in [0.5, 0.6) is 0 Å². The van der Waals surface area contributed by atoms with Gasteiger partial charge in [-0.2, -0.15) is 0 Å². The number of halogens is 1. The molecule has 1 rings (SSSR count). The van der Waals surface area contributed by atoms with E-state index in [4.69, 9.17) is 17.4 Å². The number of nitrogens with one attached hydrogen (secondary N) is 1. The van der Waals surface area contributed by atoms with Crippen LogP contribution in [0.4, 0.5) is 0 Å². The Hall–Kier alpha value is -0.0900. The molecule has 0 aliphatic rings. The van der Waals surface area contributed by atoms with Crippen LogP contribution in [0, 0.1) is 5.92 Å². The Labute approximate surface area is 94.4 Å². The van der Waals surface area contributed by atoms with Gasteiger partial charge in [-0.25, -0.2) is 0 Å². The van der Waals surface area contributed by atoms with E-state index in [1.807, 2.05) is 11.4 Å². The summed E-state index contributed by atoms with van der Waals surface area (Å²) in [5, 5.41) is 2.82. The van der Waals surface area contributed by atoms with E-state index in [1.165, 1.54) is 6.42 Å². The van der Waals surface area contributed by atoms with Crippen molar-refractivity contribution in [2.24, 2.45) is 11.8 Å². The normalized spacial score (nSPS) is 15.4. The second kappa shape index (κ2) is 5.71. The van der Waals surface area contributed by atoms with E-state index in [1.54, 1.807) is 11.3 Å². The average molecular weight is 233 g/mol. The second-order valence-electron chi connectivity index (χ2n) is 3.60. The molecule has 0 aliphatic carbocycles. The lowest BCUT2D eigenvalue weighted by Crippen LogP contribution is -2.28. The number of rotatable bonds is 5. The Morgan fingerprint density at radius 2 is 2.36 bits per heavy atom. The summed E-state index contributed by atoms with van der Waals surface area (Å²) in [4.78, 5) is 1.15. The second-order valence-corrected chi connectivity index (χ2v) is 4.96. The molecule has 2 atom stereocenters. The van der Waals surface area contributed by atoms with Gasteiger partial charge in [0.2, 0.25) is 0 Å². The zero-order valence-corrected chi connectivity index (χ0v) is 10.2. The Morgan fingerprint density at radius 3 is 2.79 bits per heavy atom. The molecule has 4 heteroatoms. The number of thiophene rings is 1. The Morgan fingerprint density at radius 1 is 1.64 bits per heavy atom. The van der Waals surface area contributed by atoms with Gasteiger partial charge in [0.15, 0.2) is 0 Å². The van der Waals surface area contributed by atoms with Crippen LogP contribution in [0.2, 0.25) is 5.02 Å². The minimum absolute atomic E-state index is 0.192.